The third kappa shape index (κ3) is 3.08. The summed E-state index contributed by atoms with van der Waals surface area (Å²) >= 11 is 0. The third-order valence-electron chi connectivity index (χ3n) is 4.62. The molecule has 0 spiro atoms. The molecular weight excluding hydrogens is 297 g/mol. The summed E-state index contributed by atoms with van der Waals surface area (Å²) in [5, 5.41) is 0. The van der Waals surface area contributed by atoms with Gasteiger partial charge >= 0.3 is 0 Å². The van der Waals surface area contributed by atoms with E-state index >= 15 is 0 Å². The molecule has 0 N–H and O–H groups in total. The molecule has 0 aliphatic carbocycles. The SMILES string of the molecule is CC(C)N1C(=O)CC(N2CCN(c3ccc(F)cc3)CC2)C1=O. The van der Waals surface area contributed by atoms with Crippen molar-refractivity contribution in [2.24, 2.45) is 0 Å². The molecule has 5 nitrogen and oxygen atoms in total. The number of benzene rings is 1. The molecule has 2 aliphatic heterocycles. The Balaban J connectivity index is 1.62. The highest BCUT2D eigenvalue weighted by atomic mass is 19.1. The molecule has 2 amide bonds. The van der Waals surface area contributed by atoms with E-state index < -0.39 is 0 Å². The summed E-state index contributed by atoms with van der Waals surface area (Å²) in [6.07, 6.45) is 0.285. The van der Waals surface area contributed by atoms with Crippen molar-refractivity contribution in [2.75, 3.05) is 31.1 Å². The van der Waals surface area contributed by atoms with E-state index in [2.05, 4.69) is 9.80 Å². The molecule has 6 heteroatoms. The number of carbonyl (C=O) groups excluding carboxylic acids is 2. The highest BCUT2D eigenvalue weighted by molar-refractivity contribution is 6.05. The van der Waals surface area contributed by atoms with E-state index in [0.717, 1.165) is 31.9 Å². The van der Waals surface area contributed by atoms with Gasteiger partial charge in [-0.25, -0.2) is 4.39 Å². The normalized spacial score (nSPS) is 23.2. The molecule has 0 bridgehead atoms. The summed E-state index contributed by atoms with van der Waals surface area (Å²) in [5.41, 5.74) is 0.990. The Morgan fingerprint density at radius 3 is 2.17 bits per heavy atom. The first kappa shape index (κ1) is 15.9. The molecule has 0 saturated carbocycles. The van der Waals surface area contributed by atoms with Crippen molar-refractivity contribution < 1.29 is 14.0 Å². The first-order chi connectivity index (χ1) is 11.0. The number of rotatable bonds is 3. The number of carbonyl (C=O) groups is 2. The van der Waals surface area contributed by atoms with E-state index in [9.17, 15) is 14.0 Å². The number of hydrogen-bond acceptors (Lipinski definition) is 4. The van der Waals surface area contributed by atoms with Crippen molar-refractivity contribution in [2.45, 2.75) is 32.4 Å². The number of halogens is 1. The summed E-state index contributed by atoms with van der Waals surface area (Å²) in [7, 11) is 0. The fraction of sp³-hybridized carbons (Fsp3) is 0.529. The Morgan fingerprint density at radius 2 is 1.65 bits per heavy atom. The van der Waals surface area contributed by atoms with E-state index in [1.54, 1.807) is 12.1 Å². The van der Waals surface area contributed by atoms with Crippen LogP contribution in [0, 0.1) is 5.82 Å². The zero-order valence-electron chi connectivity index (χ0n) is 13.5. The minimum Gasteiger partial charge on any atom is -0.369 e. The number of piperazine rings is 1. The van der Waals surface area contributed by atoms with Gasteiger partial charge < -0.3 is 4.90 Å². The van der Waals surface area contributed by atoms with Gasteiger partial charge in [0.2, 0.25) is 11.8 Å². The molecule has 1 unspecified atom stereocenters. The Morgan fingerprint density at radius 1 is 1.04 bits per heavy atom. The predicted octanol–water partition coefficient (Wildman–Crippen LogP) is 1.48. The molecule has 124 valence electrons. The Labute approximate surface area is 135 Å². The van der Waals surface area contributed by atoms with Gasteiger partial charge in [-0.2, -0.15) is 0 Å². The van der Waals surface area contributed by atoms with Crippen LogP contribution in [0.15, 0.2) is 24.3 Å². The molecule has 1 aromatic carbocycles. The predicted molar refractivity (Wildman–Crippen MR) is 85.6 cm³/mol. The van der Waals surface area contributed by atoms with Crippen molar-refractivity contribution in [1.82, 2.24) is 9.80 Å². The van der Waals surface area contributed by atoms with E-state index in [1.165, 1.54) is 17.0 Å². The van der Waals surface area contributed by atoms with Crippen LogP contribution < -0.4 is 4.90 Å². The molecule has 23 heavy (non-hydrogen) atoms. The first-order valence-electron chi connectivity index (χ1n) is 8.08. The molecular formula is C17H22FN3O2. The standard InChI is InChI=1S/C17H22FN3O2/c1-12(2)21-16(22)11-15(17(21)23)20-9-7-19(8-10-20)14-5-3-13(18)4-6-14/h3-6,12,15H,7-11H2,1-2H3. The highest BCUT2D eigenvalue weighted by Gasteiger charge is 2.43. The number of anilines is 1. The maximum Gasteiger partial charge on any atom is 0.247 e. The lowest BCUT2D eigenvalue weighted by molar-refractivity contribution is -0.141. The Kier molecular flexibility index (Phi) is 4.35. The second-order valence-electron chi connectivity index (χ2n) is 6.42. The Hall–Kier alpha value is -1.95. The summed E-state index contributed by atoms with van der Waals surface area (Å²) in [4.78, 5) is 30.1. The van der Waals surface area contributed by atoms with Crippen LogP contribution in [-0.4, -0.2) is 59.9 Å². The van der Waals surface area contributed by atoms with Gasteiger partial charge in [-0.15, -0.1) is 0 Å². The minimum atomic E-state index is -0.319. The van der Waals surface area contributed by atoms with Crippen molar-refractivity contribution in [3.8, 4) is 0 Å². The molecule has 2 saturated heterocycles. The van der Waals surface area contributed by atoms with Gasteiger partial charge in [0.15, 0.2) is 0 Å². The molecule has 0 radical (unpaired) electrons. The van der Waals surface area contributed by atoms with Gasteiger partial charge in [-0.05, 0) is 38.1 Å². The second kappa shape index (κ2) is 6.28. The smallest absolute Gasteiger partial charge is 0.247 e. The number of likely N-dealkylation sites (tertiary alicyclic amines) is 1. The molecule has 1 atom stereocenters. The van der Waals surface area contributed by atoms with Crippen LogP contribution in [-0.2, 0) is 9.59 Å². The molecule has 2 fully saturated rings. The first-order valence-corrected chi connectivity index (χ1v) is 8.08. The minimum absolute atomic E-state index is 0.0692. The maximum absolute atomic E-state index is 13.0. The summed E-state index contributed by atoms with van der Waals surface area (Å²) in [6, 6.07) is 6.06. The molecule has 0 aromatic heterocycles. The topological polar surface area (TPSA) is 43.9 Å². The van der Waals surface area contributed by atoms with Gasteiger partial charge in [0.1, 0.15) is 5.82 Å². The van der Waals surface area contributed by atoms with Crippen molar-refractivity contribution in [1.29, 1.82) is 0 Å². The lowest BCUT2D eigenvalue weighted by Gasteiger charge is -2.38. The lowest BCUT2D eigenvalue weighted by Crippen LogP contribution is -2.53. The summed E-state index contributed by atoms with van der Waals surface area (Å²) in [6.45, 7) is 6.73. The summed E-state index contributed by atoms with van der Waals surface area (Å²) in [5.74, 6) is -0.382. The molecule has 2 heterocycles. The highest BCUT2D eigenvalue weighted by Crippen LogP contribution is 2.24. The molecule has 3 rings (SSSR count). The number of amides is 2. The fourth-order valence-electron chi connectivity index (χ4n) is 3.41. The maximum atomic E-state index is 13.0. The van der Waals surface area contributed by atoms with Gasteiger partial charge in [-0.1, -0.05) is 0 Å². The van der Waals surface area contributed by atoms with Crippen LogP contribution in [0.25, 0.3) is 0 Å². The van der Waals surface area contributed by atoms with E-state index in [-0.39, 0.29) is 36.1 Å². The third-order valence-corrected chi connectivity index (χ3v) is 4.62. The van der Waals surface area contributed by atoms with E-state index in [4.69, 9.17) is 0 Å². The van der Waals surface area contributed by atoms with Gasteiger partial charge in [0.05, 0.1) is 12.5 Å². The van der Waals surface area contributed by atoms with Crippen molar-refractivity contribution in [3.05, 3.63) is 30.1 Å². The Bertz CT molecular complexity index is 594. The van der Waals surface area contributed by atoms with Gasteiger partial charge in [0.25, 0.3) is 0 Å². The lowest BCUT2D eigenvalue weighted by atomic mass is 10.1. The number of hydrogen-bond donors (Lipinski definition) is 0. The van der Waals surface area contributed by atoms with Crippen molar-refractivity contribution >= 4 is 17.5 Å². The van der Waals surface area contributed by atoms with Crippen LogP contribution in [0.1, 0.15) is 20.3 Å². The van der Waals surface area contributed by atoms with Crippen LogP contribution in [0.4, 0.5) is 10.1 Å². The molecule has 1 aromatic rings. The van der Waals surface area contributed by atoms with Gasteiger partial charge in [-0.3, -0.25) is 19.4 Å². The second-order valence-corrected chi connectivity index (χ2v) is 6.42. The van der Waals surface area contributed by atoms with Crippen molar-refractivity contribution in [3.63, 3.8) is 0 Å². The quantitative estimate of drug-likeness (QED) is 0.792. The van der Waals surface area contributed by atoms with Crippen LogP contribution >= 0.6 is 0 Å². The zero-order chi connectivity index (χ0) is 16.6. The number of imide groups is 1. The average molecular weight is 319 g/mol. The van der Waals surface area contributed by atoms with Gasteiger partial charge in [0, 0.05) is 37.9 Å². The monoisotopic (exact) mass is 319 g/mol. The summed E-state index contributed by atoms with van der Waals surface area (Å²) < 4.78 is 13.0. The van der Waals surface area contributed by atoms with Crippen LogP contribution in [0.5, 0.6) is 0 Å². The van der Waals surface area contributed by atoms with Crippen LogP contribution in [0.3, 0.4) is 0 Å². The largest absolute Gasteiger partial charge is 0.369 e. The fourth-order valence-corrected chi connectivity index (χ4v) is 3.41. The average Bonchev–Trinajstić information content (AvgIpc) is 2.83. The number of nitrogens with zero attached hydrogens (tertiary/aromatic N) is 3. The van der Waals surface area contributed by atoms with E-state index in [0.29, 0.717) is 0 Å². The van der Waals surface area contributed by atoms with E-state index in [1.807, 2.05) is 13.8 Å². The zero-order valence-corrected chi connectivity index (χ0v) is 13.5. The molecule has 2 aliphatic rings. The van der Waals surface area contributed by atoms with Crippen LogP contribution in [0.2, 0.25) is 0 Å².